The van der Waals surface area contributed by atoms with Gasteiger partial charge in [0.15, 0.2) is 0 Å². The summed E-state index contributed by atoms with van der Waals surface area (Å²) in [5.41, 5.74) is 3.46. The summed E-state index contributed by atoms with van der Waals surface area (Å²) in [7, 11) is 1.64. The number of ether oxygens (including phenoxy) is 4. The van der Waals surface area contributed by atoms with Gasteiger partial charge in [-0.05, 0) is 38.4 Å². The maximum Gasteiger partial charge on any atom is 0.139 e. The first-order valence-corrected chi connectivity index (χ1v) is 13.7. The third-order valence-corrected chi connectivity index (χ3v) is 6.27. The topological polar surface area (TPSA) is 87.9 Å². The Hall–Kier alpha value is -2.05. The molecule has 214 valence electrons. The van der Waals surface area contributed by atoms with Crippen molar-refractivity contribution in [1.29, 1.82) is 0 Å². The van der Waals surface area contributed by atoms with E-state index in [9.17, 15) is 0 Å². The second-order valence-electron chi connectivity index (χ2n) is 9.32. The van der Waals surface area contributed by atoms with Crippen molar-refractivity contribution in [3.05, 3.63) is 47.3 Å². The zero-order valence-corrected chi connectivity index (χ0v) is 23.1. The zero-order chi connectivity index (χ0) is 26.7. The number of nitrogens with zero attached hydrogens (tertiary/aromatic N) is 3. The lowest BCUT2D eigenvalue weighted by Gasteiger charge is -2.36. The minimum Gasteiger partial charge on any atom is -0.382 e. The number of aryl methyl sites for hydroxylation is 1. The molecule has 0 spiro atoms. The van der Waals surface area contributed by atoms with Gasteiger partial charge in [0.1, 0.15) is 24.7 Å². The van der Waals surface area contributed by atoms with Crippen LogP contribution in [0.4, 0.5) is 5.69 Å². The van der Waals surface area contributed by atoms with Crippen molar-refractivity contribution < 1.29 is 33.2 Å². The molecule has 3 rings (SSSR count). The fraction of sp³-hybridized carbons (Fsp3) is 0.679. The van der Waals surface area contributed by atoms with Crippen LogP contribution in [0, 0.1) is 6.92 Å². The Balaban J connectivity index is 1.11. The highest BCUT2D eigenvalue weighted by atomic mass is 17.2. The van der Waals surface area contributed by atoms with E-state index < -0.39 is 0 Å². The van der Waals surface area contributed by atoms with Crippen LogP contribution in [-0.2, 0) is 41.8 Å². The molecule has 0 N–H and O–H groups in total. The number of rotatable bonds is 21. The SMILES string of the molecule is COCCOCCOOCCOCCc1cc(COCCCCN2CCN(c3ccc(C)cc3)CC2)no1. The summed E-state index contributed by atoms with van der Waals surface area (Å²) in [5, 5.41) is 4.09. The summed E-state index contributed by atoms with van der Waals surface area (Å²) in [6.45, 7) is 12.2. The molecule has 1 aliphatic heterocycles. The summed E-state index contributed by atoms with van der Waals surface area (Å²) >= 11 is 0. The maximum absolute atomic E-state index is 5.80. The standard InChI is InChI=1S/C28H45N3O7/c1-25-5-7-27(8-6-25)31-13-11-30(12-14-31)10-3-4-15-35-24-26-23-28(38-29-26)9-16-33-19-21-36-37-22-20-34-18-17-32-2/h5-8,23H,3-4,9-22,24H2,1-2H3. The molecule has 1 aromatic heterocycles. The Morgan fingerprint density at radius 3 is 2.24 bits per heavy atom. The number of aromatic nitrogens is 1. The van der Waals surface area contributed by atoms with E-state index in [2.05, 4.69) is 46.1 Å². The van der Waals surface area contributed by atoms with Crippen LogP contribution >= 0.6 is 0 Å². The van der Waals surface area contributed by atoms with Crippen LogP contribution in [0.1, 0.15) is 29.9 Å². The Kier molecular flexibility index (Phi) is 15.3. The normalized spacial score (nSPS) is 14.4. The van der Waals surface area contributed by atoms with Crippen molar-refractivity contribution in [2.45, 2.75) is 32.8 Å². The second kappa shape index (κ2) is 19.1. The molecule has 1 saturated heterocycles. The van der Waals surface area contributed by atoms with Crippen molar-refractivity contribution in [1.82, 2.24) is 10.1 Å². The van der Waals surface area contributed by atoms with E-state index in [1.807, 2.05) is 6.07 Å². The minimum absolute atomic E-state index is 0.358. The van der Waals surface area contributed by atoms with E-state index in [1.54, 1.807) is 7.11 Å². The van der Waals surface area contributed by atoms with Gasteiger partial charge in [0, 0.05) is 58.1 Å². The number of hydrogen-bond acceptors (Lipinski definition) is 10. The Morgan fingerprint density at radius 2 is 1.50 bits per heavy atom. The highest BCUT2D eigenvalue weighted by Gasteiger charge is 2.16. The van der Waals surface area contributed by atoms with Crippen molar-refractivity contribution in [3.8, 4) is 0 Å². The van der Waals surface area contributed by atoms with E-state index in [-0.39, 0.29) is 0 Å². The number of piperazine rings is 1. The highest BCUT2D eigenvalue weighted by Crippen LogP contribution is 2.17. The van der Waals surface area contributed by atoms with Gasteiger partial charge in [0.25, 0.3) is 0 Å². The van der Waals surface area contributed by atoms with E-state index >= 15 is 0 Å². The molecule has 0 saturated carbocycles. The van der Waals surface area contributed by atoms with Crippen LogP contribution in [-0.4, -0.2) is 103 Å². The minimum atomic E-state index is 0.358. The van der Waals surface area contributed by atoms with Crippen LogP contribution in [0.5, 0.6) is 0 Å². The average molecular weight is 536 g/mol. The molecule has 10 heteroatoms. The van der Waals surface area contributed by atoms with Crippen LogP contribution in [0.15, 0.2) is 34.9 Å². The molecule has 0 radical (unpaired) electrons. The number of hydrogen-bond donors (Lipinski definition) is 0. The van der Waals surface area contributed by atoms with Crippen LogP contribution in [0.2, 0.25) is 0 Å². The van der Waals surface area contributed by atoms with Crippen LogP contribution < -0.4 is 4.90 Å². The van der Waals surface area contributed by atoms with Gasteiger partial charge in [-0.3, -0.25) is 4.90 Å². The van der Waals surface area contributed by atoms with E-state index in [4.69, 9.17) is 33.2 Å². The molecule has 1 aliphatic rings. The highest BCUT2D eigenvalue weighted by molar-refractivity contribution is 5.47. The predicted octanol–water partition coefficient (Wildman–Crippen LogP) is 3.27. The molecule has 10 nitrogen and oxygen atoms in total. The summed E-state index contributed by atoms with van der Waals surface area (Å²) in [6, 6.07) is 10.8. The van der Waals surface area contributed by atoms with Gasteiger partial charge >= 0.3 is 0 Å². The first-order valence-electron chi connectivity index (χ1n) is 13.7. The summed E-state index contributed by atoms with van der Waals surface area (Å²) < 4.78 is 26.9. The van der Waals surface area contributed by atoms with Gasteiger partial charge < -0.3 is 28.4 Å². The number of unbranched alkanes of at least 4 members (excludes halogenated alkanes) is 1. The lowest BCUT2D eigenvalue weighted by atomic mass is 10.2. The number of benzene rings is 1. The largest absolute Gasteiger partial charge is 0.382 e. The van der Waals surface area contributed by atoms with Gasteiger partial charge in [-0.2, -0.15) is 0 Å². The molecule has 2 heterocycles. The second-order valence-corrected chi connectivity index (χ2v) is 9.32. The van der Waals surface area contributed by atoms with Crippen LogP contribution in [0.3, 0.4) is 0 Å². The molecule has 38 heavy (non-hydrogen) atoms. The lowest BCUT2D eigenvalue weighted by molar-refractivity contribution is -0.303. The Bertz CT molecular complexity index is 841. The molecular formula is C28H45N3O7. The van der Waals surface area contributed by atoms with Crippen molar-refractivity contribution in [2.75, 3.05) is 97.6 Å². The molecule has 0 bridgehead atoms. The van der Waals surface area contributed by atoms with Gasteiger partial charge in [-0.1, -0.05) is 22.9 Å². The molecule has 0 unspecified atom stereocenters. The Labute approximate surface area is 227 Å². The van der Waals surface area contributed by atoms with Crippen LogP contribution in [0.25, 0.3) is 0 Å². The molecule has 1 aromatic carbocycles. The summed E-state index contributed by atoms with van der Waals surface area (Å²) in [6.07, 6.45) is 2.84. The molecule has 0 aliphatic carbocycles. The molecule has 0 amide bonds. The number of methoxy groups -OCH3 is 1. The van der Waals surface area contributed by atoms with E-state index in [0.29, 0.717) is 59.3 Å². The molecule has 2 aromatic rings. The predicted molar refractivity (Wildman–Crippen MR) is 144 cm³/mol. The third-order valence-electron chi connectivity index (χ3n) is 6.27. The first-order chi connectivity index (χ1) is 18.7. The smallest absolute Gasteiger partial charge is 0.139 e. The summed E-state index contributed by atoms with van der Waals surface area (Å²) in [5.74, 6) is 0.791. The van der Waals surface area contributed by atoms with Gasteiger partial charge in [-0.15, -0.1) is 0 Å². The lowest BCUT2D eigenvalue weighted by Crippen LogP contribution is -2.46. The fourth-order valence-electron chi connectivity index (χ4n) is 4.07. The monoisotopic (exact) mass is 535 g/mol. The van der Waals surface area contributed by atoms with Crippen molar-refractivity contribution >= 4 is 5.69 Å². The van der Waals surface area contributed by atoms with Crippen molar-refractivity contribution in [2.24, 2.45) is 0 Å². The zero-order valence-electron chi connectivity index (χ0n) is 23.1. The van der Waals surface area contributed by atoms with E-state index in [1.165, 1.54) is 11.3 Å². The Morgan fingerprint density at radius 1 is 0.789 bits per heavy atom. The first kappa shape index (κ1) is 30.5. The van der Waals surface area contributed by atoms with Gasteiger partial charge in [0.05, 0.1) is 39.6 Å². The van der Waals surface area contributed by atoms with Gasteiger partial charge in [-0.25, -0.2) is 9.78 Å². The van der Waals surface area contributed by atoms with Gasteiger partial charge in [0.2, 0.25) is 0 Å². The summed E-state index contributed by atoms with van der Waals surface area (Å²) in [4.78, 5) is 15.1. The molecule has 1 fully saturated rings. The molecule has 0 atom stereocenters. The van der Waals surface area contributed by atoms with E-state index in [0.717, 1.165) is 63.6 Å². The average Bonchev–Trinajstić information content (AvgIpc) is 3.39. The third kappa shape index (κ3) is 12.7. The number of anilines is 1. The fourth-order valence-corrected chi connectivity index (χ4v) is 4.07. The quantitative estimate of drug-likeness (QED) is 0.135. The maximum atomic E-state index is 5.80. The van der Waals surface area contributed by atoms with Crippen molar-refractivity contribution in [3.63, 3.8) is 0 Å². The molecular weight excluding hydrogens is 490 g/mol.